The Morgan fingerprint density at radius 2 is 1.71 bits per heavy atom. The van der Waals surface area contributed by atoms with Crippen molar-refractivity contribution in [2.24, 2.45) is 5.92 Å². The van der Waals surface area contributed by atoms with E-state index in [1.54, 1.807) is 31.4 Å². The van der Waals surface area contributed by atoms with Crippen molar-refractivity contribution in [1.29, 1.82) is 0 Å². The summed E-state index contributed by atoms with van der Waals surface area (Å²) in [7, 11) is 1.59. The van der Waals surface area contributed by atoms with Crippen LogP contribution in [-0.2, 0) is 11.3 Å². The van der Waals surface area contributed by atoms with Gasteiger partial charge in [0.2, 0.25) is 5.91 Å². The summed E-state index contributed by atoms with van der Waals surface area (Å²) in [6.07, 6.45) is 0. The molecule has 8 nitrogen and oxygen atoms in total. The predicted octanol–water partition coefficient (Wildman–Crippen LogP) is 4.78. The molecule has 0 radical (unpaired) electrons. The molecule has 9 heteroatoms. The minimum Gasteiger partial charge on any atom is -0.497 e. The third kappa shape index (κ3) is 6.85. The van der Waals surface area contributed by atoms with Crippen molar-refractivity contribution in [3.05, 3.63) is 65.0 Å². The minimum absolute atomic E-state index is 0.0809. The number of carbonyl (C=O) groups excluding carboxylic acids is 2. The molecule has 0 aliphatic rings. The maximum absolute atomic E-state index is 12.9. The fourth-order valence-electron chi connectivity index (χ4n) is 3.80. The molecule has 0 saturated carbocycles. The summed E-state index contributed by atoms with van der Waals surface area (Å²) in [5, 5.41) is 15.4. The van der Waals surface area contributed by atoms with Crippen LogP contribution in [0.4, 0.5) is 5.69 Å². The predicted molar refractivity (Wildman–Crippen MR) is 139 cm³/mol. The smallest absolute Gasteiger partial charge is 0.251 e. The number of hydrogen-bond donors (Lipinski definition) is 2. The van der Waals surface area contributed by atoms with Gasteiger partial charge in [0.25, 0.3) is 5.91 Å². The zero-order valence-corrected chi connectivity index (χ0v) is 21.9. The molecule has 2 aromatic carbocycles. The van der Waals surface area contributed by atoms with Crippen molar-refractivity contribution in [1.82, 2.24) is 20.1 Å². The van der Waals surface area contributed by atoms with Crippen LogP contribution in [0.3, 0.4) is 0 Å². The van der Waals surface area contributed by atoms with Gasteiger partial charge in [-0.05, 0) is 74.2 Å². The van der Waals surface area contributed by atoms with Crippen LogP contribution in [0.1, 0.15) is 54.1 Å². The Bertz CT molecular complexity index is 1150. The number of nitrogens with one attached hydrogen (secondary N) is 2. The molecule has 3 rings (SSSR count). The molecule has 0 aliphatic carbocycles. The number of thioether (sulfide) groups is 1. The van der Waals surface area contributed by atoms with Crippen molar-refractivity contribution >= 4 is 29.3 Å². The number of rotatable bonds is 10. The quantitative estimate of drug-likeness (QED) is 0.393. The Morgan fingerprint density at radius 1 is 1.06 bits per heavy atom. The van der Waals surface area contributed by atoms with E-state index in [2.05, 4.69) is 26.9 Å². The van der Waals surface area contributed by atoms with Gasteiger partial charge in [-0.3, -0.25) is 9.59 Å². The van der Waals surface area contributed by atoms with Gasteiger partial charge in [0.15, 0.2) is 11.0 Å². The van der Waals surface area contributed by atoms with Crippen LogP contribution in [0.2, 0.25) is 0 Å². The topological polar surface area (TPSA) is 98.1 Å². The molecule has 1 heterocycles. The lowest BCUT2D eigenvalue weighted by molar-refractivity contribution is -0.113. The van der Waals surface area contributed by atoms with Gasteiger partial charge in [-0.1, -0.05) is 31.7 Å². The zero-order chi connectivity index (χ0) is 25.5. The maximum Gasteiger partial charge on any atom is 0.251 e. The molecule has 1 aromatic heterocycles. The summed E-state index contributed by atoms with van der Waals surface area (Å²) in [6, 6.07) is 12.6. The van der Waals surface area contributed by atoms with Gasteiger partial charge in [-0.25, -0.2) is 0 Å². The monoisotopic (exact) mass is 495 g/mol. The van der Waals surface area contributed by atoms with Crippen LogP contribution in [-0.4, -0.2) is 39.4 Å². The molecule has 2 amide bonds. The molecule has 2 N–H and O–H groups in total. The number of methoxy groups -OCH3 is 1. The van der Waals surface area contributed by atoms with Crippen LogP contribution < -0.4 is 15.4 Å². The van der Waals surface area contributed by atoms with Crippen molar-refractivity contribution in [2.45, 2.75) is 52.4 Å². The number of aromatic nitrogens is 3. The lowest BCUT2D eigenvalue weighted by Crippen LogP contribution is -2.33. The van der Waals surface area contributed by atoms with Crippen LogP contribution >= 0.6 is 11.8 Å². The number of ether oxygens (including phenoxy) is 1. The van der Waals surface area contributed by atoms with Crippen LogP contribution in [0.15, 0.2) is 47.6 Å². The number of carbonyl (C=O) groups is 2. The first-order chi connectivity index (χ1) is 16.7. The number of benzene rings is 2. The lowest BCUT2D eigenvalue weighted by atomic mass is 10.0. The third-order valence-corrected chi connectivity index (χ3v) is 6.45. The largest absolute Gasteiger partial charge is 0.497 e. The first-order valence-electron chi connectivity index (χ1n) is 11.6. The summed E-state index contributed by atoms with van der Waals surface area (Å²) in [5.41, 5.74) is 3.52. The fraction of sp³-hybridized carbons (Fsp3) is 0.385. The van der Waals surface area contributed by atoms with E-state index >= 15 is 0 Å². The first kappa shape index (κ1) is 26.3. The second-order valence-corrected chi connectivity index (χ2v) is 9.66. The minimum atomic E-state index is -0.338. The van der Waals surface area contributed by atoms with Gasteiger partial charge < -0.3 is 19.9 Å². The van der Waals surface area contributed by atoms with E-state index in [1.807, 2.05) is 51.3 Å². The highest BCUT2D eigenvalue weighted by Gasteiger charge is 2.26. The Hall–Kier alpha value is -3.33. The molecular formula is C26H33N5O3S. The highest BCUT2D eigenvalue weighted by atomic mass is 32.2. The summed E-state index contributed by atoms with van der Waals surface area (Å²) in [6.45, 7) is 10.7. The second kappa shape index (κ2) is 11.9. The number of nitrogens with zero attached hydrogens (tertiary/aromatic N) is 3. The Labute approximate surface area is 210 Å². The molecule has 3 aromatic rings. The lowest BCUT2D eigenvalue weighted by Gasteiger charge is -2.22. The van der Waals surface area contributed by atoms with E-state index in [-0.39, 0.29) is 29.5 Å². The molecule has 1 atom stereocenters. The second-order valence-electron chi connectivity index (χ2n) is 8.72. The van der Waals surface area contributed by atoms with Crippen LogP contribution in [0.25, 0.3) is 0 Å². The van der Waals surface area contributed by atoms with Gasteiger partial charge in [0.1, 0.15) is 5.75 Å². The third-order valence-electron chi connectivity index (χ3n) is 5.48. The molecule has 0 saturated heterocycles. The fourth-order valence-corrected chi connectivity index (χ4v) is 4.61. The Balaban J connectivity index is 1.70. The first-order valence-corrected chi connectivity index (χ1v) is 12.6. The number of aryl methyl sites for hydroxylation is 2. The molecule has 0 spiro atoms. The van der Waals surface area contributed by atoms with Crippen molar-refractivity contribution < 1.29 is 14.3 Å². The standard InChI is InChI=1S/C26H33N5O3S/c1-7-31-24(23(16(2)3)28-25(33)19-8-10-21(34-6)11-9-19)29-30-26(31)35-15-22(32)27-20-13-17(4)12-18(5)14-20/h8-14,16,23H,7,15H2,1-6H3,(H,27,32)(H,28,33). The van der Waals surface area contributed by atoms with Crippen molar-refractivity contribution in [3.8, 4) is 5.75 Å². The molecule has 186 valence electrons. The Morgan fingerprint density at radius 3 is 2.29 bits per heavy atom. The number of anilines is 1. The summed E-state index contributed by atoms with van der Waals surface area (Å²) < 4.78 is 7.12. The summed E-state index contributed by atoms with van der Waals surface area (Å²) in [4.78, 5) is 25.5. The Kier molecular flexibility index (Phi) is 8.92. The molecular weight excluding hydrogens is 462 g/mol. The van der Waals surface area contributed by atoms with Gasteiger partial charge >= 0.3 is 0 Å². The van der Waals surface area contributed by atoms with Gasteiger partial charge in [-0.2, -0.15) is 0 Å². The molecule has 0 fully saturated rings. The maximum atomic E-state index is 12.9. The van der Waals surface area contributed by atoms with Gasteiger partial charge in [0.05, 0.1) is 18.9 Å². The molecule has 1 unspecified atom stereocenters. The van der Waals surface area contributed by atoms with Crippen molar-refractivity contribution in [3.63, 3.8) is 0 Å². The average molecular weight is 496 g/mol. The van der Waals surface area contributed by atoms with E-state index in [0.717, 1.165) is 16.8 Å². The van der Waals surface area contributed by atoms with Crippen molar-refractivity contribution in [2.75, 3.05) is 18.2 Å². The average Bonchev–Trinajstić information content (AvgIpc) is 3.22. The normalized spacial score (nSPS) is 11.9. The highest BCUT2D eigenvalue weighted by Crippen LogP contribution is 2.26. The SMILES string of the molecule is CCn1c(SCC(=O)Nc2cc(C)cc(C)c2)nnc1C(NC(=O)c1ccc(OC)cc1)C(C)C. The van der Waals surface area contributed by atoms with E-state index in [9.17, 15) is 9.59 Å². The van der Waals surface area contributed by atoms with E-state index in [4.69, 9.17) is 4.74 Å². The van der Waals surface area contributed by atoms with Gasteiger partial charge in [-0.15, -0.1) is 10.2 Å². The van der Waals surface area contributed by atoms with Gasteiger partial charge in [0, 0.05) is 17.8 Å². The molecule has 0 aliphatic heterocycles. The summed E-state index contributed by atoms with van der Waals surface area (Å²) in [5.74, 6) is 1.34. The summed E-state index contributed by atoms with van der Waals surface area (Å²) >= 11 is 1.33. The van der Waals surface area contributed by atoms with E-state index in [0.29, 0.717) is 28.8 Å². The molecule has 0 bridgehead atoms. The highest BCUT2D eigenvalue weighted by molar-refractivity contribution is 7.99. The number of hydrogen-bond acceptors (Lipinski definition) is 6. The van der Waals surface area contributed by atoms with Crippen LogP contribution in [0, 0.1) is 19.8 Å². The molecule has 35 heavy (non-hydrogen) atoms. The zero-order valence-electron chi connectivity index (χ0n) is 21.1. The number of amides is 2. The van der Waals surface area contributed by atoms with E-state index < -0.39 is 0 Å². The van der Waals surface area contributed by atoms with E-state index in [1.165, 1.54) is 11.8 Å². The van der Waals surface area contributed by atoms with Crippen LogP contribution in [0.5, 0.6) is 5.75 Å².